The summed E-state index contributed by atoms with van der Waals surface area (Å²) in [6, 6.07) is 15.5. The SMILES string of the molecule is FC(F)(F)c1cnc(Nc2ccc(Cl)cc2)nc1OCc1ccccc1. The van der Waals surface area contributed by atoms with E-state index in [0.29, 0.717) is 16.9 Å². The molecule has 0 unspecified atom stereocenters. The Morgan fingerprint density at radius 3 is 2.35 bits per heavy atom. The molecule has 3 rings (SSSR count). The van der Waals surface area contributed by atoms with Gasteiger partial charge in [0, 0.05) is 16.9 Å². The predicted molar refractivity (Wildman–Crippen MR) is 92.5 cm³/mol. The van der Waals surface area contributed by atoms with Crippen LogP contribution in [0, 0.1) is 0 Å². The molecule has 0 spiro atoms. The summed E-state index contributed by atoms with van der Waals surface area (Å²) in [6.07, 6.45) is -3.92. The van der Waals surface area contributed by atoms with Crippen molar-refractivity contribution in [2.45, 2.75) is 12.8 Å². The molecule has 2 aromatic carbocycles. The van der Waals surface area contributed by atoms with Gasteiger partial charge >= 0.3 is 6.18 Å². The summed E-state index contributed by atoms with van der Waals surface area (Å²) in [5.74, 6) is -0.545. The van der Waals surface area contributed by atoms with Crippen LogP contribution in [0.2, 0.25) is 5.02 Å². The smallest absolute Gasteiger partial charge is 0.423 e. The van der Waals surface area contributed by atoms with E-state index in [1.165, 1.54) is 0 Å². The Morgan fingerprint density at radius 2 is 1.69 bits per heavy atom. The first-order valence-electron chi connectivity index (χ1n) is 7.55. The van der Waals surface area contributed by atoms with Gasteiger partial charge in [0.05, 0.1) is 0 Å². The molecule has 1 heterocycles. The van der Waals surface area contributed by atoms with E-state index < -0.39 is 17.6 Å². The molecular formula is C18H13ClF3N3O. The lowest BCUT2D eigenvalue weighted by molar-refractivity contribution is -0.139. The van der Waals surface area contributed by atoms with Crippen LogP contribution in [0.15, 0.2) is 60.8 Å². The van der Waals surface area contributed by atoms with Gasteiger partial charge in [-0.1, -0.05) is 41.9 Å². The first-order valence-corrected chi connectivity index (χ1v) is 7.93. The predicted octanol–water partition coefficient (Wildman–Crippen LogP) is 5.47. The second kappa shape index (κ2) is 7.61. The van der Waals surface area contributed by atoms with Gasteiger partial charge in [0.1, 0.15) is 12.2 Å². The lowest BCUT2D eigenvalue weighted by Gasteiger charge is -2.14. The van der Waals surface area contributed by atoms with Crippen molar-refractivity contribution < 1.29 is 17.9 Å². The molecular weight excluding hydrogens is 367 g/mol. The molecule has 1 aromatic heterocycles. The highest BCUT2D eigenvalue weighted by atomic mass is 35.5. The Morgan fingerprint density at radius 1 is 1.00 bits per heavy atom. The average molecular weight is 380 g/mol. The highest BCUT2D eigenvalue weighted by Gasteiger charge is 2.36. The molecule has 0 aliphatic rings. The first kappa shape index (κ1) is 18.0. The minimum Gasteiger partial charge on any atom is -0.472 e. The summed E-state index contributed by atoms with van der Waals surface area (Å²) >= 11 is 5.81. The van der Waals surface area contributed by atoms with Crippen molar-refractivity contribution in [2.75, 3.05) is 5.32 Å². The zero-order chi connectivity index (χ0) is 18.6. The van der Waals surface area contributed by atoms with Crippen molar-refractivity contribution in [3.63, 3.8) is 0 Å². The van der Waals surface area contributed by atoms with E-state index in [9.17, 15) is 13.2 Å². The minimum atomic E-state index is -4.62. The number of halogens is 4. The third-order valence-electron chi connectivity index (χ3n) is 3.38. The van der Waals surface area contributed by atoms with Crippen LogP contribution in [-0.4, -0.2) is 9.97 Å². The molecule has 0 aliphatic carbocycles. The molecule has 0 aliphatic heterocycles. The molecule has 8 heteroatoms. The topological polar surface area (TPSA) is 47.0 Å². The molecule has 134 valence electrons. The van der Waals surface area contributed by atoms with Gasteiger partial charge in [0.25, 0.3) is 0 Å². The number of nitrogens with zero attached hydrogens (tertiary/aromatic N) is 2. The van der Waals surface area contributed by atoms with Crippen LogP contribution < -0.4 is 10.1 Å². The second-order valence-electron chi connectivity index (χ2n) is 5.32. The van der Waals surface area contributed by atoms with E-state index in [0.717, 1.165) is 5.56 Å². The van der Waals surface area contributed by atoms with Crippen LogP contribution in [0.1, 0.15) is 11.1 Å². The Balaban J connectivity index is 1.84. The van der Waals surface area contributed by atoms with Crippen molar-refractivity contribution >= 4 is 23.2 Å². The number of aromatic nitrogens is 2. The fraction of sp³-hybridized carbons (Fsp3) is 0.111. The van der Waals surface area contributed by atoms with Crippen molar-refractivity contribution in [2.24, 2.45) is 0 Å². The van der Waals surface area contributed by atoms with Crippen molar-refractivity contribution in [1.29, 1.82) is 0 Å². The number of ether oxygens (including phenoxy) is 1. The number of nitrogens with one attached hydrogen (secondary N) is 1. The van der Waals surface area contributed by atoms with Crippen molar-refractivity contribution in [1.82, 2.24) is 9.97 Å². The second-order valence-corrected chi connectivity index (χ2v) is 5.75. The fourth-order valence-corrected chi connectivity index (χ4v) is 2.25. The Bertz CT molecular complexity index is 871. The first-order chi connectivity index (χ1) is 12.4. The Hall–Kier alpha value is -2.80. The summed E-state index contributed by atoms with van der Waals surface area (Å²) in [5, 5.41) is 3.36. The van der Waals surface area contributed by atoms with Gasteiger partial charge in [0.2, 0.25) is 11.8 Å². The van der Waals surface area contributed by atoms with E-state index in [2.05, 4.69) is 15.3 Å². The molecule has 0 amide bonds. The van der Waals surface area contributed by atoms with Gasteiger partial charge in [-0.05, 0) is 29.8 Å². The zero-order valence-electron chi connectivity index (χ0n) is 13.3. The van der Waals surface area contributed by atoms with Gasteiger partial charge in [-0.3, -0.25) is 0 Å². The number of alkyl halides is 3. The van der Waals surface area contributed by atoms with Crippen LogP contribution in [0.5, 0.6) is 5.88 Å². The molecule has 0 saturated carbocycles. The summed E-state index contributed by atoms with van der Waals surface area (Å²) in [4.78, 5) is 7.60. The lowest BCUT2D eigenvalue weighted by atomic mass is 10.2. The van der Waals surface area contributed by atoms with Gasteiger partial charge in [-0.2, -0.15) is 18.2 Å². The van der Waals surface area contributed by atoms with Gasteiger partial charge in [0.15, 0.2) is 0 Å². The van der Waals surface area contributed by atoms with Crippen LogP contribution in [0.4, 0.5) is 24.8 Å². The molecule has 0 radical (unpaired) electrons. The van der Waals surface area contributed by atoms with E-state index in [4.69, 9.17) is 16.3 Å². The Labute approximate surface area is 152 Å². The van der Waals surface area contributed by atoms with Crippen LogP contribution in [0.25, 0.3) is 0 Å². The monoisotopic (exact) mass is 379 g/mol. The van der Waals surface area contributed by atoms with E-state index in [-0.39, 0.29) is 12.6 Å². The summed E-state index contributed by atoms with van der Waals surface area (Å²) in [5.41, 5.74) is 0.282. The van der Waals surface area contributed by atoms with E-state index in [1.807, 2.05) is 6.07 Å². The maximum absolute atomic E-state index is 13.2. The van der Waals surface area contributed by atoms with Gasteiger partial charge in [-0.25, -0.2) is 4.98 Å². The van der Waals surface area contributed by atoms with Crippen LogP contribution >= 0.6 is 11.6 Å². The average Bonchev–Trinajstić information content (AvgIpc) is 2.62. The molecule has 1 N–H and O–H groups in total. The molecule has 0 saturated heterocycles. The van der Waals surface area contributed by atoms with E-state index in [1.54, 1.807) is 48.5 Å². The highest BCUT2D eigenvalue weighted by Crippen LogP contribution is 2.35. The third kappa shape index (κ3) is 4.64. The number of anilines is 2. The van der Waals surface area contributed by atoms with Crippen molar-refractivity contribution in [3.8, 4) is 5.88 Å². The zero-order valence-corrected chi connectivity index (χ0v) is 14.1. The maximum atomic E-state index is 13.2. The highest BCUT2D eigenvalue weighted by molar-refractivity contribution is 6.30. The fourth-order valence-electron chi connectivity index (χ4n) is 2.12. The van der Waals surface area contributed by atoms with E-state index >= 15 is 0 Å². The number of hydrogen-bond donors (Lipinski definition) is 1. The molecule has 3 aromatic rings. The normalized spacial score (nSPS) is 11.2. The standard InChI is InChI=1S/C18H13ClF3N3O/c19-13-6-8-14(9-7-13)24-17-23-10-15(18(20,21)22)16(25-17)26-11-12-4-2-1-3-5-12/h1-10H,11H2,(H,23,24,25). The quantitative estimate of drug-likeness (QED) is 0.638. The van der Waals surface area contributed by atoms with Gasteiger partial charge in [-0.15, -0.1) is 0 Å². The molecule has 0 bridgehead atoms. The van der Waals surface area contributed by atoms with Crippen LogP contribution in [0.3, 0.4) is 0 Å². The summed E-state index contributed by atoms with van der Waals surface area (Å²) in [6.45, 7) is -0.0404. The van der Waals surface area contributed by atoms with Gasteiger partial charge < -0.3 is 10.1 Å². The largest absolute Gasteiger partial charge is 0.472 e. The molecule has 26 heavy (non-hydrogen) atoms. The Kier molecular flexibility index (Phi) is 5.27. The molecule has 0 fully saturated rings. The maximum Gasteiger partial charge on any atom is 0.423 e. The summed E-state index contributed by atoms with van der Waals surface area (Å²) < 4.78 is 44.9. The van der Waals surface area contributed by atoms with Crippen LogP contribution in [-0.2, 0) is 12.8 Å². The molecule has 4 nitrogen and oxygen atoms in total. The lowest BCUT2D eigenvalue weighted by Crippen LogP contribution is -2.12. The number of benzene rings is 2. The van der Waals surface area contributed by atoms with Crippen molar-refractivity contribution in [3.05, 3.63) is 76.9 Å². The molecule has 0 atom stereocenters. The summed E-state index contributed by atoms with van der Waals surface area (Å²) in [7, 11) is 0. The minimum absolute atomic E-state index is 0.0108. The number of rotatable bonds is 5. The third-order valence-corrected chi connectivity index (χ3v) is 3.63. The number of hydrogen-bond acceptors (Lipinski definition) is 4.